The van der Waals surface area contributed by atoms with Gasteiger partial charge in [0, 0.05) is 18.6 Å². The van der Waals surface area contributed by atoms with E-state index in [0.717, 1.165) is 51.3 Å². The molecule has 2 rings (SSSR count). The first-order valence-electron chi connectivity index (χ1n) is 7.12. The van der Waals surface area contributed by atoms with Crippen molar-refractivity contribution in [3.05, 3.63) is 12.2 Å². The van der Waals surface area contributed by atoms with E-state index in [1.165, 1.54) is 0 Å². The highest BCUT2D eigenvalue weighted by Gasteiger charge is 2.25. The average molecular weight is 267 g/mol. The molecule has 19 heavy (non-hydrogen) atoms. The summed E-state index contributed by atoms with van der Waals surface area (Å²) in [5.74, 6) is 1.06. The van der Waals surface area contributed by atoms with E-state index in [9.17, 15) is 5.11 Å². The van der Waals surface area contributed by atoms with Crippen LogP contribution in [0.4, 0.5) is 0 Å². The smallest absolute Gasteiger partial charge is 0.147 e. The summed E-state index contributed by atoms with van der Waals surface area (Å²) < 4.78 is 2.12. The Morgan fingerprint density at radius 1 is 1.47 bits per heavy atom. The third-order valence-corrected chi connectivity index (χ3v) is 4.36. The standard InChI is InChI=1S/C13H25N5O/c1-3-13(10-19,14-2)5-4-6-17-7-8-18-11-15-16-12(18)9-17/h11,14,19H,3-10H2,1-2H3. The van der Waals surface area contributed by atoms with Crippen molar-refractivity contribution in [1.82, 2.24) is 25.0 Å². The SMILES string of the molecule is CCC(CO)(CCCN1CCn2cnnc2C1)NC. The van der Waals surface area contributed by atoms with Gasteiger partial charge < -0.3 is 15.0 Å². The molecule has 1 unspecified atom stereocenters. The number of nitrogens with one attached hydrogen (secondary N) is 1. The second-order valence-corrected chi connectivity index (χ2v) is 5.36. The lowest BCUT2D eigenvalue weighted by atomic mass is 9.91. The number of fused-ring (bicyclic) bond motifs is 1. The Morgan fingerprint density at radius 2 is 2.32 bits per heavy atom. The van der Waals surface area contributed by atoms with Gasteiger partial charge in [-0.1, -0.05) is 6.92 Å². The molecule has 1 aliphatic heterocycles. The molecule has 2 heterocycles. The topological polar surface area (TPSA) is 66.2 Å². The molecule has 0 aromatic carbocycles. The second-order valence-electron chi connectivity index (χ2n) is 5.36. The van der Waals surface area contributed by atoms with Crippen LogP contribution in [-0.4, -0.2) is 57.1 Å². The van der Waals surface area contributed by atoms with Gasteiger partial charge in [-0.15, -0.1) is 10.2 Å². The lowest BCUT2D eigenvalue weighted by molar-refractivity contribution is 0.141. The van der Waals surface area contributed by atoms with Crippen molar-refractivity contribution in [2.24, 2.45) is 0 Å². The van der Waals surface area contributed by atoms with Crippen molar-refractivity contribution in [2.45, 2.75) is 44.8 Å². The normalized spacial score (nSPS) is 19.1. The first-order chi connectivity index (χ1) is 9.23. The van der Waals surface area contributed by atoms with Gasteiger partial charge in [-0.3, -0.25) is 4.90 Å². The van der Waals surface area contributed by atoms with Gasteiger partial charge in [0.05, 0.1) is 13.2 Å². The van der Waals surface area contributed by atoms with Gasteiger partial charge in [0.2, 0.25) is 0 Å². The van der Waals surface area contributed by atoms with Crippen molar-refractivity contribution in [1.29, 1.82) is 0 Å². The fraction of sp³-hybridized carbons (Fsp3) is 0.846. The minimum absolute atomic E-state index is 0.115. The number of hydrogen-bond acceptors (Lipinski definition) is 5. The van der Waals surface area contributed by atoms with E-state index in [2.05, 4.69) is 31.9 Å². The lowest BCUT2D eigenvalue weighted by Crippen LogP contribution is -2.46. The summed E-state index contributed by atoms with van der Waals surface area (Å²) in [6.45, 7) is 6.30. The number of hydrogen-bond donors (Lipinski definition) is 2. The van der Waals surface area contributed by atoms with Crippen LogP contribution in [0.1, 0.15) is 32.0 Å². The lowest BCUT2D eigenvalue weighted by Gasteiger charge is -2.32. The average Bonchev–Trinajstić information content (AvgIpc) is 2.92. The maximum atomic E-state index is 9.52. The van der Waals surface area contributed by atoms with Gasteiger partial charge in [-0.05, 0) is 32.9 Å². The van der Waals surface area contributed by atoms with Crippen molar-refractivity contribution in [3.63, 3.8) is 0 Å². The molecular weight excluding hydrogens is 242 g/mol. The third kappa shape index (κ3) is 3.32. The van der Waals surface area contributed by atoms with E-state index >= 15 is 0 Å². The fourth-order valence-corrected chi connectivity index (χ4v) is 2.70. The summed E-state index contributed by atoms with van der Waals surface area (Å²) in [7, 11) is 1.93. The summed E-state index contributed by atoms with van der Waals surface area (Å²) in [5.41, 5.74) is -0.115. The highest BCUT2D eigenvalue weighted by Crippen LogP contribution is 2.18. The molecule has 2 N–H and O–H groups in total. The van der Waals surface area contributed by atoms with E-state index in [-0.39, 0.29) is 12.1 Å². The fourth-order valence-electron chi connectivity index (χ4n) is 2.70. The molecule has 0 fully saturated rings. The van der Waals surface area contributed by atoms with Crippen molar-refractivity contribution >= 4 is 0 Å². The Balaban J connectivity index is 1.78. The van der Waals surface area contributed by atoms with Crippen LogP contribution in [0.2, 0.25) is 0 Å². The Morgan fingerprint density at radius 3 is 3.00 bits per heavy atom. The molecule has 0 saturated carbocycles. The third-order valence-electron chi connectivity index (χ3n) is 4.36. The Hall–Kier alpha value is -0.980. The predicted molar refractivity (Wildman–Crippen MR) is 73.7 cm³/mol. The molecule has 1 aliphatic rings. The van der Waals surface area contributed by atoms with Crippen LogP contribution in [0.5, 0.6) is 0 Å². The van der Waals surface area contributed by atoms with E-state index in [4.69, 9.17) is 0 Å². The zero-order valence-electron chi connectivity index (χ0n) is 12.0. The number of aliphatic hydroxyl groups is 1. The highest BCUT2D eigenvalue weighted by molar-refractivity contribution is 4.90. The minimum Gasteiger partial charge on any atom is -0.394 e. The largest absolute Gasteiger partial charge is 0.394 e. The maximum Gasteiger partial charge on any atom is 0.147 e. The molecule has 0 bridgehead atoms. The van der Waals surface area contributed by atoms with Crippen molar-refractivity contribution in [2.75, 3.05) is 26.7 Å². The van der Waals surface area contributed by atoms with Gasteiger partial charge >= 0.3 is 0 Å². The first-order valence-corrected chi connectivity index (χ1v) is 7.12. The van der Waals surface area contributed by atoms with Gasteiger partial charge in [-0.25, -0.2) is 0 Å². The van der Waals surface area contributed by atoms with Crippen LogP contribution in [-0.2, 0) is 13.1 Å². The van der Waals surface area contributed by atoms with Gasteiger partial charge in [-0.2, -0.15) is 0 Å². The van der Waals surface area contributed by atoms with E-state index < -0.39 is 0 Å². The molecule has 0 amide bonds. The van der Waals surface area contributed by atoms with Crippen LogP contribution < -0.4 is 5.32 Å². The molecule has 1 aromatic heterocycles. The van der Waals surface area contributed by atoms with Crippen LogP contribution >= 0.6 is 0 Å². The number of rotatable bonds is 7. The molecule has 6 nitrogen and oxygen atoms in total. The van der Waals surface area contributed by atoms with Crippen LogP contribution in [0.3, 0.4) is 0 Å². The number of likely N-dealkylation sites (N-methyl/N-ethyl adjacent to an activating group) is 1. The quantitative estimate of drug-likeness (QED) is 0.740. The number of nitrogens with zero attached hydrogens (tertiary/aromatic N) is 4. The minimum atomic E-state index is -0.115. The Labute approximate surface area is 114 Å². The van der Waals surface area contributed by atoms with Crippen LogP contribution in [0, 0.1) is 0 Å². The Kier molecular flexibility index (Phi) is 4.90. The van der Waals surface area contributed by atoms with E-state index in [1.807, 2.05) is 13.4 Å². The molecule has 1 aromatic rings. The van der Waals surface area contributed by atoms with Gasteiger partial charge in [0.1, 0.15) is 12.2 Å². The predicted octanol–water partition coefficient (Wildman–Crippen LogP) is 0.234. The summed E-state index contributed by atoms with van der Waals surface area (Å²) >= 11 is 0. The number of aromatic nitrogens is 3. The van der Waals surface area contributed by atoms with Crippen molar-refractivity contribution in [3.8, 4) is 0 Å². The maximum absolute atomic E-state index is 9.52. The van der Waals surface area contributed by atoms with Gasteiger partial charge in [0.15, 0.2) is 0 Å². The molecular formula is C13H25N5O. The molecule has 0 aliphatic carbocycles. The molecule has 0 spiro atoms. The Bertz CT molecular complexity index is 380. The second kappa shape index (κ2) is 6.45. The summed E-state index contributed by atoms with van der Waals surface area (Å²) in [6.07, 6.45) is 4.85. The zero-order chi connectivity index (χ0) is 13.7. The van der Waals surface area contributed by atoms with Crippen LogP contribution in [0.25, 0.3) is 0 Å². The monoisotopic (exact) mass is 267 g/mol. The first kappa shape index (κ1) is 14.4. The summed E-state index contributed by atoms with van der Waals surface area (Å²) in [6, 6.07) is 0. The highest BCUT2D eigenvalue weighted by atomic mass is 16.3. The van der Waals surface area contributed by atoms with E-state index in [0.29, 0.717) is 0 Å². The number of aliphatic hydroxyl groups excluding tert-OH is 1. The molecule has 0 saturated heterocycles. The summed E-state index contributed by atoms with van der Waals surface area (Å²) in [4.78, 5) is 2.41. The summed E-state index contributed by atoms with van der Waals surface area (Å²) in [5, 5.41) is 20.9. The van der Waals surface area contributed by atoms with Crippen molar-refractivity contribution < 1.29 is 5.11 Å². The molecule has 1 atom stereocenters. The zero-order valence-corrected chi connectivity index (χ0v) is 12.0. The van der Waals surface area contributed by atoms with Crippen LogP contribution in [0.15, 0.2) is 6.33 Å². The molecule has 0 radical (unpaired) electrons. The van der Waals surface area contributed by atoms with Gasteiger partial charge in [0.25, 0.3) is 0 Å². The molecule has 108 valence electrons. The van der Waals surface area contributed by atoms with E-state index in [1.54, 1.807) is 0 Å². The molecule has 6 heteroatoms.